The molecule has 0 bridgehead atoms. The fraction of sp³-hybridized carbons (Fsp3) is 0.316. The van der Waals surface area contributed by atoms with Crippen LogP contribution in [0.25, 0.3) is 0 Å². The maximum Gasteiger partial charge on any atom is 0.288 e. The quantitative estimate of drug-likeness (QED) is 0.807. The van der Waals surface area contributed by atoms with Crippen molar-refractivity contribution in [1.82, 2.24) is 0 Å². The zero-order chi connectivity index (χ0) is 16.8. The number of hydrogen-bond acceptors (Lipinski definition) is 3. The van der Waals surface area contributed by atoms with Gasteiger partial charge in [0.1, 0.15) is 0 Å². The van der Waals surface area contributed by atoms with Gasteiger partial charge in [-0.3, -0.25) is 0 Å². The number of nitrogens with two attached hydrogens (primary N) is 1. The van der Waals surface area contributed by atoms with Gasteiger partial charge in [-0.15, -0.1) is 0 Å². The summed E-state index contributed by atoms with van der Waals surface area (Å²) in [5.41, 5.74) is 9.11. The van der Waals surface area contributed by atoms with E-state index in [1.54, 1.807) is 6.08 Å². The maximum atomic E-state index is 5.86. The number of benzene rings is 1. The fourth-order valence-electron chi connectivity index (χ4n) is 2.37. The number of hydrogen-bond donors (Lipinski definition) is 1. The average molecular weight is 298 g/mol. The summed E-state index contributed by atoms with van der Waals surface area (Å²) < 4.78 is 5.86. The normalized spacial score (nSPS) is 20.4. The Bertz CT molecular complexity index is 626. The van der Waals surface area contributed by atoms with E-state index in [4.69, 9.17) is 10.5 Å². The summed E-state index contributed by atoms with van der Waals surface area (Å²) in [7, 11) is 0. The van der Waals surface area contributed by atoms with Crippen molar-refractivity contribution >= 4 is 11.7 Å². The second kappa shape index (κ2) is 7.64. The van der Waals surface area contributed by atoms with Crippen LogP contribution < -0.4 is 5.73 Å². The molecule has 0 saturated carbocycles. The summed E-state index contributed by atoms with van der Waals surface area (Å²) >= 11 is 0. The highest BCUT2D eigenvalue weighted by atomic mass is 16.5. The Kier molecular flexibility index (Phi) is 6.17. The standard InChI is InChI=1S/C17H20N2O.C2H6/c1-5-7-8-13(6-2)17(4)14-11-12(3)9-10-15(14)19-16(18)20-17;1-2/h5-11H,2H2,1,3-4H3,(H2,18,19);1-2H3/b7-5-,13-8+;. The van der Waals surface area contributed by atoms with Crippen LogP contribution in [-0.2, 0) is 10.3 Å². The Labute approximate surface area is 133 Å². The molecule has 0 aliphatic carbocycles. The van der Waals surface area contributed by atoms with Crippen LogP contribution in [0.3, 0.4) is 0 Å². The van der Waals surface area contributed by atoms with E-state index in [1.165, 1.54) is 0 Å². The lowest BCUT2D eigenvalue weighted by Gasteiger charge is -2.35. The molecule has 0 saturated heterocycles. The van der Waals surface area contributed by atoms with E-state index in [0.717, 1.165) is 22.4 Å². The third-order valence-corrected chi connectivity index (χ3v) is 3.44. The molecule has 1 aromatic rings. The van der Waals surface area contributed by atoms with Crippen LogP contribution >= 0.6 is 0 Å². The molecule has 1 unspecified atom stereocenters. The Balaban J connectivity index is 0.00000116. The number of ether oxygens (including phenoxy) is 1. The first-order valence-electron chi connectivity index (χ1n) is 7.61. The van der Waals surface area contributed by atoms with Gasteiger partial charge in [-0.05, 0) is 38.5 Å². The van der Waals surface area contributed by atoms with Crippen molar-refractivity contribution in [2.24, 2.45) is 10.7 Å². The predicted octanol–water partition coefficient (Wildman–Crippen LogP) is 4.90. The molecule has 2 rings (SSSR count). The highest BCUT2D eigenvalue weighted by molar-refractivity contribution is 5.80. The molecule has 0 amide bonds. The lowest BCUT2D eigenvalue weighted by Crippen LogP contribution is -2.37. The minimum absolute atomic E-state index is 0.178. The summed E-state index contributed by atoms with van der Waals surface area (Å²) in [5.74, 6) is 0. The van der Waals surface area contributed by atoms with Crippen molar-refractivity contribution in [3.05, 3.63) is 65.8 Å². The molecule has 1 aliphatic heterocycles. The SMILES string of the molecule is C=C/C(=C\C=C/C)C1(C)OC(N)=Nc2ccc(C)cc21.CC. The van der Waals surface area contributed by atoms with Crippen molar-refractivity contribution < 1.29 is 4.74 Å². The van der Waals surface area contributed by atoms with E-state index < -0.39 is 5.60 Å². The summed E-state index contributed by atoms with van der Waals surface area (Å²) in [6, 6.07) is 6.24. The fourth-order valence-corrected chi connectivity index (χ4v) is 2.37. The third kappa shape index (κ3) is 3.48. The predicted molar refractivity (Wildman–Crippen MR) is 95.3 cm³/mol. The third-order valence-electron chi connectivity index (χ3n) is 3.44. The first-order valence-corrected chi connectivity index (χ1v) is 7.61. The molecule has 3 nitrogen and oxygen atoms in total. The smallest absolute Gasteiger partial charge is 0.288 e. The van der Waals surface area contributed by atoms with Crippen molar-refractivity contribution in [1.29, 1.82) is 0 Å². The van der Waals surface area contributed by atoms with Gasteiger partial charge in [-0.1, -0.05) is 56.4 Å². The van der Waals surface area contributed by atoms with Crippen LogP contribution in [0, 0.1) is 6.92 Å². The van der Waals surface area contributed by atoms with Gasteiger partial charge in [0.2, 0.25) is 0 Å². The van der Waals surface area contributed by atoms with Gasteiger partial charge in [0.15, 0.2) is 5.60 Å². The average Bonchev–Trinajstić information content (AvgIpc) is 2.51. The second-order valence-corrected chi connectivity index (χ2v) is 4.96. The number of aliphatic imine (C=N–C) groups is 1. The van der Waals surface area contributed by atoms with Crippen LogP contribution in [0.5, 0.6) is 0 Å². The van der Waals surface area contributed by atoms with E-state index in [-0.39, 0.29) is 6.02 Å². The van der Waals surface area contributed by atoms with Gasteiger partial charge in [0.05, 0.1) is 5.69 Å². The topological polar surface area (TPSA) is 47.6 Å². The van der Waals surface area contributed by atoms with Crippen molar-refractivity contribution in [2.45, 2.75) is 40.2 Å². The summed E-state index contributed by atoms with van der Waals surface area (Å²) in [5, 5.41) is 0. The highest BCUT2D eigenvalue weighted by Crippen LogP contribution is 2.42. The van der Waals surface area contributed by atoms with Gasteiger partial charge >= 0.3 is 0 Å². The zero-order valence-electron chi connectivity index (χ0n) is 14.2. The minimum Gasteiger partial charge on any atom is -0.449 e. The maximum absolute atomic E-state index is 5.86. The van der Waals surface area contributed by atoms with Crippen molar-refractivity contribution in [2.75, 3.05) is 0 Å². The molecule has 1 heterocycles. The molecule has 2 N–H and O–H groups in total. The molecule has 1 aliphatic rings. The van der Waals surface area contributed by atoms with Crippen LogP contribution in [-0.4, -0.2) is 6.02 Å². The molecular formula is C19H26N2O. The minimum atomic E-state index is -0.672. The van der Waals surface area contributed by atoms with Gasteiger partial charge < -0.3 is 10.5 Å². The van der Waals surface area contributed by atoms with Crippen LogP contribution in [0.4, 0.5) is 5.69 Å². The lowest BCUT2D eigenvalue weighted by atomic mass is 9.84. The van der Waals surface area contributed by atoms with Crippen LogP contribution in [0.1, 0.15) is 38.8 Å². The van der Waals surface area contributed by atoms with E-state index in [9.17, 15) is 0 Å². The highest BCUT2D eigenvalue weighted by Gasteiger charge is 2.37. The molecule has 118 valence electrons. The summed E-state index contributed by atoms with van der Waals surface area (Å²) in [6.45, 7) is 13.9. The van der Waals surface area contributed by atoms with E-state index in [2.05, 4.69) is 17.6 Å². The molecule has 0 fully saturated rings. The monoisotopic (exact) mass is 298 g/mol. The Morgan fingerprint density at radius 1 is 1.36 bits per heavy atom. The molecule has 1 aromatic carbocycles. The lowest BCUT2D eigenvalue weighted by molar-refractivity contribution is 0.110. The van der Waals surface area contributed by atoms with E-state index >= 15 is 0 Å². The Morgan fingerprint density at radius 3 is 2.64 bits per heavy atom. The first-order chi connectivity index (χ1) is 10.5. The molecule has 22 heavy (non-hydrogen) atoms. The summed E-state index contributed by atoms with van der Waals surface area (Å²) in [4.78, 5) is 4.27. The van der Waals surface area contributed by atoms with Crippen molar-refractivity contribution in [3.63, 3.8) is 0 Å². The second-order valence-electron chi connectivity index (χ2n) is 4.96. The Hall–Kier alpha value is -2.29. The Morgan fingerprint density at radius 2 is 2.05 bits per heavy atom. The van der Waals surface area contributed by atoms with Gasteiger partial charge in [0.25, 0.3) is 6.02 Å². The molecule has 0 spiro atoms. The molecule has 0 radical (unpaired) electrons. The van der Waals surface area contributed by atoms with Crippen LogP contribution in [0.15, 0.2) is 59.6 Å². The van der Waals surface area contributed by atoms with E-state index in [0.29, 0.717) is 0 Å². The van der Waals surface area contributed by atoms with Crippen molar-refractivity contribution in [3.8, 4) is 0 Å². The number of nitrogens with zero attached hydrogens (tertiary/aromatic N) is 1. The molecule has 1 atom stereocenters. The number of rotatable bonds is 3. The zero-order valence-corrected chi connectivity index (χ0v) is 14.2. The largest absolute Gasteiger partial charge is 0.449 e. The number of aryl methyl sites for hydroxylation is 1. The first kappa shape index (κ1) is 17.8. The van der Waals surface area contributed by atoms with Gasteiger partial charge in [-0.2, -0.15) is 4.99 Å². The summed E-state index contributed by atoms with van der Waals surface area (Å²) in [6.07, 6.45) is 7.70. The number of amidine groups is 1. The number of fused-ring (bicyclic) bond motifs is 1. The molecule has 3 heteroatoms. The molecular weight excluding hydrogens is 272 g/mol. The number of allylic oxidation sites excluding steroid dienone is 3. The van der Waals surface area contributed by atoms with Gasteiger partial charge in [-0.25, -0.2) is 0 Å². The van der Waals surface area contributed by atoms with Gasteiger partial charge in [0, 0.05) is 5.56 Å². The van der Waals surface area contributed by atoms with Crippen LogP contribution in [0.2, 0.25) is 0 Å². The van der Waals surface area contributed by atoms with E-state index in [1.807, 2.05) is 65.0 Å². The molecule has 0 aromatic heterocycles.